The molecule has 2 atom stereocenters. The number of amides is 1. The summed E-state index contributed by atoms with van der Waals surface area (Å²) in [5, 5.41) is 4.11. The van der Waals surface area contributed by atoms with Crippen LogP contribution in [0.15, 0.2) is 17.5 Å². The summed E-state index contributed by atoms with van der Waals surface area (Å²) in [5.74, 6) is 1.50. The van der Waals surface area contributed by atoms with E-state index in [1.165, 1.54) is 0 Å². The zero-order valence-electron chi connectivity index (χ0n) is 14.5. The molecule has 1 heterocycles. The fourth-order valence-electron chi connectivity index (χ4n) is 3.12. The minimum Gasteiger partial charge on any atom is -0.444 e. The smallest absolute Gasteiger partial charge is 0.410 e. The van der Waals surface area contributed by atoms with Crippen LogP contribution < -0.4 is 5.73 Å². The number of amidine groups is 1. The molecule has 2 aliphatic carbocycles. The maximum atomic E-state index is 12.2. The average Bonchev–Trinajstić information content (AvgIpc) is 3.32. The molecule has 6 heteroatoms. The molecule has 0 spiro atoms. The molecule has 0 aromatic carbocycles. The van der Waals surface area contributed by atoms with Gasteiger partial charge >= 0.3 is 6.09 Å². The van der Waals surface area contributed by atoms with E-state index in [0.717, 1.165) is 19.3 Å². The van der Waals surface area contributed by atoms with Gasteiger partial charge in [0, 0.05) is 18.5 Å². The molecular formula is C17H27N3O3. The maximum absolute atomic E-state index is 12.2. The summed E-state index contributed by atoms with van der Waals surface area (Å²) in [6, 6.07) is 0. The summed E-state index contributed by atoms with van der Waals surface area (Å²) in [6.07, 6.45) is 2.84. The van der Waals surface area contributed by atoms with E-state index in [2.05, 4.69) is 18.7 Å². The first-order valence-electron chi connectivity index (χ1n) is 8.24. The number of nitrogens with two attached hydrogens (primary N) is 1. The third kappa shape index (κ3) is 3.03. The number of rotatable bonds is 4. The van der Waals surface area contributed by atoms with E-state index in [0.29, 0.717) is 30.6 Å². The Labute approximate surface area is 137 Å². The Balaban J connectivity index is 1.59. The lowest BCUT2D eigenvalue weighted by molar-refractivity contribution is 0.0269. The van der Waals surface area contributed by atoms with Crippen molar-refractivity contribution in [2.75, 3.05) is 13.1 Å². The molecule has 0 aromatic heterocycles. The summed E-state index contributed by atoms with van der Waals surface area (Å²) >= 11 is 0. The number of carbonyl (C=O) groups is 1. The molecule has 6 nitrogen and oxygen atoms in total. The van der Waals surface area contributed by atoms with Crippen molar-refractivity contribution in [3.05, 3.63) is 12.3 Å². The van der Waals surface area contributed by atoms with Crippen LogP contribution in [0.3, 0.4) is 0 Å². The summed E-state index contributed by atoms with van der Waals surface area (Å²) < 4.78 is 5.43. The summed E-state index contributed by atoms with van der Waals surface area (Å²) in [6.45, 7) is 12.9. The standard InChI is InChI=1S/C17H27N3O3/c1-11(16(5)6-7-16)23-19-13(18)17-8-12(17)9-20(10-17)14(21)22-15(2,3)4/h12H,1,6-10H2,2-5H3,(H2,18,19). The summed E-state index contributed by atoms with van der Waals surface area (Å²) in [7, 11) is 0. The van der Waals surface area contributed by atoms with Crippen LogP contribution in [0.1, 0.15) is 47.0 Å². The van der Waals surface area contributed by atoms with E-state index in [1.807, 2.05) is 20.8 Å². The third-order valence-electron chi connectivity index (χ3n) is 5.23. The second-order valence-electron chi connectivity index (χ2n) is 8.47. The molecule has 2 N–H and O–H groups in total. The highest BCUT2D eigenvalue weighted by molar-refractivity contribution is 5.91. The van der Waals surface area contributed by atoms with Gasteiger partial charge in [-0.25, -0.2) is 4.79 Å². The lowest BCUT2D eigenvalue weighted by Crippen LogP contribution is -2.39. The number of nitrogens with zero attached hydrogens (tertiary/aromatic N) is 2. The Kier molecular flexibility index (Phi) is 3.43. The first-order chi connectivity index (χ1) is 10.6. The quantitative estimate of drug-likeness (QED) is 0.374. The average molecular weight is 321 g/mol. The van der Waals surface area contributed by atoms with Gasteiger partial charge in [0.2, 0.25) is 0 Å². The first kappa shape index (κ1) is 16.1. The van der Waals surface area contributed by atoms with Crippen LogP contribution in [-0.4, -0.2) is 35.5 Å². The van der Waals surface area contributed by atoms with Gasteiger partial charge in [-0.1, -0.05) is 18.7 Å². The highest BCUT2D eigenvalue weighted by atomic mass is 16.6. The van der Waals surface area contributed by atoms with Gasteiger partial charge < -0.3 is 20.2 Å². The molecule has 3 rings (SSSR count). The highest BCUT2D eigenvalue weighted by Crippen LogP contribution is 2.58. The molecule has 1 amide bonds. The van der Waals surface area contributed by atoms with Gasteiger partial charge in [-0.2, -0.15) is 0 Å². The van der Waals surface area contributed by atoms with Gasteiger partial charge in [0.25, 0.3) is 0 Å². The number of ether oxygens (including phenoxy) is 1. The molecule has 3 aliphatic rings. The Morgan fingerprint density at radius 2 is 2.04 bits per heavy atom. The number of carbonyl (C=O) groups excluding carboxylic acids is 1. The minimum absolute atomic E-state index is 0.0582. The number of likely N-dealkylation sites (tertiary alicyclic amines) is 1. The SMILES string of the molecule is C=C(O/N=C(\N)C12CC1CN(C(=O)OC(C)(C)C)C2)C1(C)CC1. The van der Waals surface area contributed by atoms with E-state index >= 15 is 0 Å². The number of allylic oxidation sites excluding steroid dienone is 1. The normalized spacial score (nSPS) is 31.4. The van der Waals surface area contributed by atoms with Crippen molar-refractivity contribution in [3.63, 3.8) is 0 Å². The fourth-order valence-corrected chi connectivity index (χ4v) is 3.12. The molecule has 1 saturated heterocycles. The van der Waals surface area contributed by atoms with Crippen molar-refractivity contribution >= 4 is 11.9 Å². The van der Waals surface area contributed by atoms with Gasteiger partial charge in [0.05, 0.1) is 5.41 Å². The van der Waals surface area contributed by atoms with Crippen molar-refractivity contribution < 1.29 is 14.4 Å². The molecule has 23 heavy (non-hydrogen) atoms. The van der Waals surface area contributed by atoms with Crippen LogP contribution in [0.4, 0.5) is 4.79 Å². The molecule has 128 valence electrons. The van der Waals surface area contributed by atoms with Crippen LogP contribution in [0.25, 0.3) is 0 Å². The van der Waals surface area contributed by atoms with Crippen LogP contribution in [-0.2, 0) is 9.57 Å². The molecule has 0 radical (unpaired) electrons. The highest BCUT2D eigenvalue weighted by Gasteiger charge is 2.64. The molecule has 1 aliphatic heterocycles. The molecule has 3 fully saturated rings. The zero-order valence-corrected chi connectivity index (χ0v) is 14.5. The number of hydrogen-bond acceptors (Lipinski definition) is 4. The van der Waals surface area contributed by atoms with Gasteiger partial charge in [-0.15, -0.1) is 0 Å². The molecule has 2 unspecified atom stereocenters. The predicted octanol–water partition coefficient (Wildman–Crippen LogP) is 2.85. The second kappa shape index (κ2) is 4.89. The van der Waals surface area contributed by atoms with E-state index in [-0.39, 0.29) is 16.9 Å². The predicted molar refractivity (Wildman–Crippen MR) is 87.5 cm³/mol. The van der Waals surface area contributed by atoms with Crippen molar-refractivity contribution in [2.45, 2.75) is 52.6 Å². The molecule has 0 aromatic rings. The summed E-state index contributed by atoms with van der Waals surface area (Å²) in [4.78, 5) is 19.3. The van der Waals surface area contributed by atoms with Crippen LogP contribution >= 0.6 is 0 Å². The van der Waals surface area contributed by atoms with Crippen molar-refractivity contribution in [3.8, 4) is 0 Å². The minimum atomic E-state index is -0.489. The Bertz CT molecular complexity index is 574. The largest absolute Gasteiger partial charge is 0.444 e. The van der Waals surface area contributed by atoms with Crippen LogP contribution in [0.2, 0.25) is 0 Å². The van der Waals surface area contributed by atoms with Gasteiger partial charge in [0.1, 0.15) is 17.2 Å². The Hall–Kier alpha value is -1.72. The molecule has 0 bridgehead atoms. The number of oxime groups is 1. The monoisotopic (exact) mass is 321 g/mol. The van der Waals surface area contributed by atoms with E-state index < -0.39 is 5.60 Å². The molecular weight excluding hydrogens is 294 g/mol. The van der Waals surface area contributed by atoms with Crippen LogP contribution in [0, 0.1) is 16.7 Å². The fraction of sp³-hybridized carbons (Fsp3) is 0.765. The van der Waals surface area contributed by atoms with Crippen molar-refractivity contribution in [1.82, 2.24) is 4.90 Å². The zero-order chi connectivity index (χ0) is 17.0. The second-order valence-corrected chi connectivity index (χ2v) is 8.47. The Morgan fingerprint density at radius 3 is 2.61 bits per heavy atom. The van der Waals surface area contributed by atoms with Gasteiger partial charge in [-0.05, 0) is 46.0 Å². The number of fused-ring (bicyclic) bond motifs is 1. The first-order valence-corrected chi connectivity index (χ1v) is 8.24. The van der Waals surface area contributed by atoms with Gasteiger partial charge in [-0.3, -0.25) is 0 Å². The summed E-state index contributed by atoms with van der Waals surface area (Å²) in [5.41, 5.74) is 5.50. The van der Waals surface area contributed by atoms with E-state index in [4.69, 9.17) is 15.3 Å². The Morgan fingerprint density at radius 1 is 1.39 bits per heavy atom. The van der Waals surface area contributed by atoms with Crippen molar-refractivity contribution in [2.24, 2.45) is 27.6 Å². The topological polar surface area (TPSA) is 77.2 Å². The van der Waals surface area contributed by atoms with E-state index in [1.54, 1.807) is 4.90 Å². The lowest BCUT2D eigenvalue weighted by Gasteiger charge is -2.26. The van der Waals surface area contributed by atoms with Crippen LogP contribution in [0.5, 0.6) is 0 Å². The number of hydrogen-bond donors (Lipinski definition) is 1. The maximum Gasteiger partial charge on any atom is 0.410 e. The molecule has 2 saturated carbocycles. The third-order valence-corrected chi connectivity index (χ3v) is 5.23. The van der Waals surface area contributed by atoms with E-state index in [9.17, 15) is 4.79 Å². The van der Waals surface area contributed by atoms with Crippen molar-refractivity contribution in [1.29, 1.82) is 0 Å². The number of piperidine rings is 1. The van der Waals surface area contributed by atoms with Gasteiger partial charge in [0.15, 0.2) is 0 Å². The lowest BCUT2D eigenvalue weighted by atomic mass is 10.1.